The number of methoxy groups -OCH3 is 2. The summed E-state index contributed by atoms with van der Waals surface area (Å²) in [5, 5.41) is 4.53. The minimum absolute atomic E-state index is 0.313. The Morgan fingerprint density at radius 3 is 2.44 bits per heavy atom. The van der Waals surface area contributed by atoms with Crippen molar-refractivity contribution in [1.29, 1.82) is 0 Å². The molecule has 0 radical (unpaired) electrons. The van der Waals surface area contributed by atoms with Crippen molar-refractivity contribution in [3.63, 3.8) is 0 Å². The summed E-state index contributed by atoms with van der Waals surface area (Å²) in [4.78, 5) is 34.4. The van der Waals surface area contributed by atoms with Gasteiger partial charge in [0.05, 0.1) is 19.2 Å². The van der Waals surface area contributed by atoms with Crippen molar-refractivity contribution in [2.24, 2.45) is 0 Å². The van der Waals surface area contributed by atoms with Gasteiger partial charge in [0.25, 0.3) is 5.91 Å². The van der Waals surface area contributed by atoms with Crippen LogP contribution in [0.3, 0.4) is 0 Å². The predicted octanol–water partition coefficient (Wildman–Crippen LogP) is 1.76. The highest BCUT2D eigenvalue weighted by atomic mass is 35.5. The van der Waals surface area contributed by atoms with Gasteiger partial charge >= 0.3 is 12.0 Å². The molecule has 1 aromatic rings. The molecule has 0 aromatic heterocycles. The van der Waals surface area contributed by atoms with Crippen LogP contribution in [0, 0.1) is 0 Å². The predicted molar refractivity (Wildman–Crippen MR) is 91.7 cm³/mol. The Labute approximate surface area is 150 Å². The molecule has 0 aliphatic rings. The number of halogens is 1. The molecule has 1 atom stereocenters. The molecule has 0 aliphatic carbocycles. The lowest BCUT2D eigenvalue weighted by Crippen LogP contribution is -2.43. The number of carbonyl (C=O) groups is 3. The van der Waals surface area contributed by atoms with Gasteiger partial charge in [0.2, 0.25) is 0 Å². The Hall–Kier alpha value is -2.74. The van der Waals surface area contributed by atoms with Crippen LogP contribution in [0.4, 0.5) is 4.79 Å². The van der Waals surface area contributed by atoms with Gasteiger partial charge in [0.1, 0.15) is 0 Å². The van der Waals surface area contributed by atoms with Crippen molar-refractivity contribution in [2.75, 3.05) is 21.3 Å². The molecule has 3 amide bonds. The zero-order valence-corrected chi connectivity index (χ0v) is 15.0. The Kier molecular flexibility index (Phi) is 7.74. The van der Waals surface area contributed by atoms with E-state index in [0.717, 1.165) is 6.08 Å². The lowest BCUT2D eigenvalue weighted by Gasteiger charge is -2.11. The normalized spacial score (nSPS) is 11.6. The summed E-state index contributed by atoms with van der Waals surface area (Å²) in [7, 11) is 4.28. The molecule has 0 fully saturated rings. The van der Waals surface area contributed by atoms with Crippen molar-refractivity contribution in [3.8, 4) is 11.5 Å². The monoisotopic (exact) mass is 370 g/mol. The van der Waals surface area contributed by atoms with Gasteiger partial charge in [-0.25, -0.2) is 9.59 Å². The van der Waals surface area contributed by atoms with Crippen molar-refractivity contribution in [1.82, 2.24) is 10.6 Å². The van der Waals surface area contributed by atoms with Gasteiger partial charge in [-0.2, -0.15) is 0 Å². The third-order valence-corrected chi connectivity index (χ3v) is 3.27. The summed E-state index contributed by atoms with van der Waals surface area (Å²) >= 11 is 6.07. The fourth-order valence-electron chi connectivity index (χ4n) is 1.74. The smallest absolute Gasteiger partial charge is 0.331 e. The topological polar surface area (TPSA) is 103 Å². The molecule has 0 saturated carbocycles. The number of amides is 3. The highest BCUT2D eigenvalue weighted by Crippen LogP contribution is 2.36. The average molecular weight is 371 g/mol. The van der Waals surface area contributed by atoms with E-state index in [0.29, 0.717) is 22.1 Å². The maximum atomic E-state index is 11.8. The van der Waals surface area contributed by atoms with Gasteiger partial charge in [0.15, 0.2) is 17.6 Å². The number of hydrogen-bond acceptors (Lipinski definition) is 6. The molecule has 0 saturated heterocycles. The third-order valence-electron chi connectivity index (χ3n) is 2.99. The van der Waals surface area contributed by atoms with Crippen molar-refractivity contribution in [3.05, 3.63) is 28.8 Å². The van der Waals surface area contributed by atoms with E-state index in [4.69, 9.17) is 25.8 Å². The molecule has 25 heavy (non-hydrogen) atoms. The summed E-state index contributed by atoms with van der Waals surface area (Å²) in [6.45, 7) is 1.34. The largest absolute Gasteiger partial charge is 0.493 e. The van der Waals surface area contributed by atoms with E-state index in [1.54, 1.807) is 12.1 Å². The van der Waals surface area contributed by atoms with E-state index in [2.05, 4.69) is 5.32 Å². The number of esters is 1. The first kappa shape index (κ1) is 20.3. The maximum absolute atomic E-state index is 11.8. The number of rotatable bonds is 6. The van der Waals surface area contributed by atoms with Gasteiger partial charge in [0, 0.05) is 13.1 Å². The molecular formula is C16H19ClN2O6. The molecule has 8 nitrogen and oxygen atoms in total. The third kappa shape index (κ3) is 6.00. The maximum Gasteiger partial charge on any atom is 0.331 e. The molecular weight excluding hydrogens is 352 g/mol. The minimum Gasteiger partial charge on any atom is -0.493 e. The van der Waals surface area contributed by atoms with Gasteiger partial charge in [-0.3, -0.25) is 10.1 Å². The van der Waals surface area contributed by atoms with E-state index in [1.165, 1.54) is 34.3 Å². The van der Waals surface area contributed by atoms with Crippen LogP contribution in [-0.4, -0.2) is 45.3 Å². The zero-order valence-electron chi connectivity index (χ0n) is 14.2. The molecule has 0 aliphatic heterocycles. The second kappa shape index (κ2) is 9.53. The van der Waals surface area contributed by atoms with Gasteiger partial charge in [-0.15, -0.1) is 0 Å². The molecule has 2 N–H and O–H groups in total. The van der Waals surface area contributed by atoms with Crippen LogP contribution < -0.4 is 20.1 Å². The number of ether oxygens (including phenoxy) is 3. The van der Waals surface area contributed by atoms with Crippen molar-refractivity contribution < 1.29 is 28.6 Å². The van der Waals surface area contributed by atoms with E-state index < -0.39 is 24.0 Å². The van der Waals surface area contributed by atoms with E-state index in [1.807, 2.05) is 5.32 Å². The first-order chi connectivity index (χ1) is 11.8. The van der Waals surface area contributed by atoms with E-state index in [-0.39, 0.29) is 0 Å². The van der Waals surface area contributed by atoms with Gasteiger partial charge in [-0.1, -0.05) is 11.6 Å². The fourth-order valence-corrected chi connectivity index (χ4v) is 2.04. The summed E-state index contributed by atoms with van der Waals surface area (Å²) in [6.07, 6.45) is 1.43. The highest BCUT2D eigenvalue weighted by molar-refractivity contribution is 6.32. The SMILES string of the molecule is CNC(=O)NC(=O)C(C)OC(=O)/C=C/c1cc(Cl)c(OC)c(OC)c1. The summed E-state index contributed by atoms with van der Waals surface area (Å²) in [5.74, 6) is -0.717. The Morgan fingerprint density at radius 1 is 1.20 bits per heavy atom. The molecule has 9 heteroatoms. The second-order valence-electron chi connectivity index (χ2n) is 4.72. The van der Waals surface area contributed by atoms with Crippen LogP contribution in [0.2, 0.25) is 5.02 Å². The molecule has 1 aromatic carbocycles. The molecule has 1 unspecified atom stereocenters. The molecule has 1 rings (SSSR count). The molecule has 0 spiro atoms. The minimum atomic E-state index is -1.14. The van der Waals surface area contributed by atoms with Crippen LogP contribution in [0.5, 0.6) is 11.5 Å². The lowest BCUT2D eigenvalue weighted by molar-refractivity contribution is -0.149. The summed E-state index contributed by atoms with van der Waals surface area (Å²) in [5.41, 5.74) is 0.571. The van der Waals surface area contributed by atoms with E-state index in [9.17, 15) is 14.4 Å². The molecule has 136 valence electrons. The first-order valence-electron chi connectivity index (χ1n) is 7.15. The fraction of sp³-hybridized carbons (Fsp3) is 0.312. The van der Waals surface area contributed by atoms with Gasteiger partial charge < -0.3 is 19.5 Å². The van der Waals surface area contributed by atoms with Crippen LogP contribution >= 0.6 is 11.6 Å². The summed E-state index contributed by atoms with van der Waals surface area (Å²) < 4.78 is 15.2. The van der Waals surface area contributed by atoms with Crippen LogP contribution in [0.1, 0.15) is 12.5 Å². The average Bonchev–Trinajstić information content (AvgIpc) is 2.58. The van der Waals surface area contributed by atoms with Crippen LogP contribution in [-0.2, 0) is 14.3 Å². The number of imide groups is 1. The molecule has 0 bridgehead atoms. The number of nitrogens with one attached hydrogen (secondary N) is 2. The Morgan fingerprint density at radius 2 is 1.88 bits per heavy atom. The Bertz CT molecular complexity index is 689. The quantitative estimate of drug-likeness (QED) is 0.584. The first-order valence-corrected chi connectivity index (χ1v) is 7.53. The van der Waals surface area contributed by atoms with Crippen molar-refractivity contribution >= 4 is 35.6 Å². The lowest BCUT2D eigenvalue weighted by atomic mass is 10.2. The Balaban J connectivity index is 2.75. The zero-order chi connectivity index (χ0) is 19.0. The van der Waals surface area contributed by atoms with Crippen LogP contribution in [0.25, 0.3) is 6.08 Å². The van der Waals surface area contributed by atoms with Gasteiger partial charge in [-0.05, 0) is 30.7 Å². The van der Waals surface area contributed by atoms with E-state index >= 15 is 0 Å². The molecule has 0 heterocycles. The standard InChI is InChI=1S/C16H19ClN2O6/c1-9(15(21)19-16(22)18-2)25-13(20)6-5-10-7-11(17)14(24-4)12(8-10)23-3/h5-9H,1-4H3,(H2,18,19,21,22)/b6-5+. The van der Waals surface area contributed by atoms with Crippen LogP contribution in [0.15, 0.2) is 18.2 Å². The summed E-state index contributed by atoms with van der Waals surface area (Å²) in [6, 6.07) is 2.51. The van der Waals surface area contributed by atoms with Crippen molar-refractivity contribution in [2.45, 2.75) is 13.0 Å². The number of hydrogen-bond donors (Lipinski definition) is 2. The second-order valence-corrected chi connectivity index (χ2v) is 5.13. The number of benzene rings is 1. The number of urea groups is 1. The highest BCUT2D eigenvalue weighted by Gasteiger charge is 2.18. The number of carbonyl (C=O) groups excluding carboxylic acids is 3.